The molecule has 9 heteroatoms. The first-order valence-corrected chi connectivity index (χ1v) is 12.8. The average molecular weight is 495 g/mol. The lowest BCUT2D eigenvalue weighted by atomic mass is 10.1. The van der Waals surface area contributed by atoms with Crippen LogP contribution in [0.2, 0.25) is 0 Å². The molecule has 0 aliphatic carbocycles. The average Bonchev–Trinajstić information content (AvgIpc) is 2.84. The van der Waals surface area contributed by atoms with Crippen molar-refractivity contribution in [3.63, 3.8) is 0 Å². The molecule has 0 bridgehead atoms. The zero-order chi connectivity index (χ0) is 25.4. The van der Waals surface area contributed by atoms with Crippen molar-refractivity contribution in [2.24, 2.45) is 0 Å². The number of hydrogen-bond acceptors (Lipinski definition) is 5. The number of carbonyl (C=O) groups is 2. The van der Waals surface area contributed by atoms with Crippen molar-refractivity contribution < 1.29 is 18.0 Å². The van der Waals surface area contributed by atoms with Crippen molar-refractivity contribution >= 4 is 27.5 Å². The predicted molar refractivity (Wildman–Crippen MR) is 135 cm³/mol. The molecule has 2 aromatic carbocycles. The van der Waals surface area contributed by atoms with Crippen molar-refractivity contribution in [3.8, 4) is 0 Å². The highest BCUT2D eigenvalue weighted by molar-refractivity contribution is 7.89. The van der Waals surface area contributed by atoms with Crippen molar-refractivity contribution in [3.05, 3.63) is 89.7 Å². The van der Waals surface area contributed by atoms with E-state index in [4.69, 9.17) is 0 Å². The van der Waals surface area contributed by atoms with Crippen molar-refractivity contribution in [2.75, 3.05) is 5.32 Å². The van der Waals surface area contributed by atoms with E-state index in [0.717, 1.165) is 17.5 Å². The Morgan fingerprint density at radius 1 is 0.943 bits per heavy atom. The van der Waals surface area contributed by atoms with Gasteiger partial charge in [0.1, 0.15) is 0 Å². The van der Waals surface area contributed by atoms with E-state index in [2.05, 4.69) is 21.9 Å². The number of carbonyl (C=O) groups excluding carboxylic acids is 2. The summed E-state index contributed by atoms with van der Waals surface area (Å²) in [6.45, 7) is 5.60. The van der Waals surface area contributed by atoms with E-state index in [1.54, 1.807) is 23.4 Å². The molecule has 1 heterocycles. The van der Waals surface area contributed by atoms with Crippen LogP contribution in [0.25, 0.3) is 0 Å². The van der Waals surface area contributed by atoms with Gasteiger partial charge >= 0.3 is 0 Å². The maximum Gasteiger partial charge on any atom is 0.241 e. The molecule has 3 aromatic rings. The second-order valence-corrected chi connectivity index (χ2v) is 9.99. The van der Waals surface area contributed by atoms with Gasteiger partial charge in [-0.1, -0.05) is 37.3 Å². The quantitative estimate of drug-likeness (QED) is 0.448. The zero-order valence-electron chi connectivity index (χ0n) is 20.1. The number of pyridine rings is 1. The monoisotopic (exact) mass is 494 g/mol. The maximum absolute atomic E-state index is 13.4. The summed E-state index contributed by atoms with van der Waals surface area (Å²) >= 11 is 0. The highest BCUT2D eigenvalue weighted by atomic mass is 32.2. The maximum atomic E-state index is 13.4. The molecule has 0 saturated heterocycles. The van der Waals surface area contributed by atoms with Crippen LogP contribution in [0, 0.1) is 0 Å². The van der Waals surface area contributed by atoms with Gasteiger partial charge in [-0.15, -0.1) is 0 Å². The molecule has 0 saturated carbocycles. The van der Waals surface area contributed by atoms with Gasteiger partial charge in [-0.3, -0.25) is 14.6 Å². The van der Waals surface area contributed by atoms with Crippen LogP contribution in [0.15, 0.2) is 78.0 Å². The number of sulfonamides is 1. The van der Waals surface area contributed by atoms with Crippen LogP contribution in [-0.4, -0.2) is 36.2 Å². The summed E-state index contributed by atoms with van der Waals surface area (Å²) in [7, 11) is -3.96. The SMILES string of the molecule is CCc1ccc(CN(Cc2cccnc2)C(=O)[C@H](C)NS(=O)(=O)c2ccc(NC(C)=O)cc2)cc1. The summed E-state index contributed by atoms with van der Waals surface area (Å²) in [4.78, 5) is 30.3. The van der Waals surface area contributed by atoms with Crippen LogP contribution < -0.4 is 10.0 Å². The number of hydrogen-bond donors (Lipinski definition) is 2. The van der Waals surface area contributed by atoms with Gasteiger partial charge in [-0.05, 0) is 60.4 Å². The van der Waals surface area contributed by atoms with Gasteiger partial charge in [0.05, 0.1) is 10.9 Å². The Morgan fingerprint density at radius 3 is 2.14 bits per heavy atom. The molecular formula is C26H30N4O4S. The Kier molecular flexibility index (Phi) is 8.73. The Morgan fingerprint density at radius 2 is 1.57 bits per heavy atom. The molecule has 1 aromatic heterocycles. The van der Waals surface area contributed by atoms with Crippen molar-refractivity contribution in [1.29, 1.82) is 0 Å². The molecule has 2 N–H and O–H groups in total. The summed E-state index contributed by atoms with van der Waals surface area (Å²) in [5.74, 6) is -0.608. The third-order valence-electron chi connectivity index (χ3n) is 5.40. The van der Waals surface area contributed by atoms with Crippen LogP contribution in [0.5, 0.6) is 0 Å². The van der Waals surface area contributed by atoms with E-state index in [0.29, 0.717) is 18.8 Å². The molecule has 2 amide bonds. The van der Waals surface area contributed by atoms with Gasteiger partial charge in [0.25, 0.3) is 0 Å². The Labute approximate surface area is 206 Å². The molecule has 0 unspecified atom stereocenters. The van der Waals surface area contributed by atoms with Crippen LogP contribution in [0.1, 0.15) is 37.5 Å². The molecular weight excluding hydrogens is 464 g/mol. The first-order valence-electron chi connectivity index (χ1n) is 11.3. The van der Waals surface area contributed by atoms with Crippen LogP contribution in [0.4, 0.5) is 5.69 Å². The Bertz CT molecular complexity index is 1240. The standard InChI is InChI=1S/C26H30N4O4S/c1-4-21-7-9-22(10-8-21)17-30(18-23-6-5-15-27-16-23)26(32)19(2)29-35(33,34)25-13-11-24(12-14-25)28-20(3)31/h5-16,19,29H,4,17-18H2,1-3H3,(H,28,31)/t19-/m0/s1. The molecule has 3 rings (SSSR count). The number of rotatable bonds is 10. The number of nitrogens with one attached hydrogen (secondary N) is 2. The van der Waals surface area contributed by atoms with E-state index < -0.39 is 16.1 Å². The molecule has 0 fully saturated rings. The molecule has 35 heavy (non-hydrogen) atoms. The molecule has 184 valence electrons. The number of aryl methyl sites for hydroxylation is 1. The lowest BCUT2D eigenvalue weighted by Gasteiger charge is -2.26. The van der Waals surface area contributed by atoms with E-state index in [1.807, 2.05) is 30.3 Å². The fourth-order valence-corrected chi connectivity index (χ4v) is 4.77. The van der Waals surface area contributed by atoms with Gasteiger partial charge < -0.3 is 10.2 Å². The Hall–Kier alpha value is -3.56. The van der Waals surface area contributed by atoms with Gasteiger partial charge in [0.15, 0.2) is 0 Å². The molecule has 8 nitrogen and oxygen atoms in total. The van der Waals surface area contributed by atoms with Gasteiger partial charge in [-0.2, -0.15) is 4.72 Å². The summed E-state index contributed by atoms with van der Waals surface area (Å²) in [6, 6.07) is 16.4. The third-order valence-corrected chi connectivity index (χ3v) is 6.96. The van der Waals surface area contributed by atoms with E-state index in [1.165, 1.54) is 43.7 Å². The van der Waals surface area contributed by atoms with E-state index in [9.17, 15) is 18.0 Å². The van der Waals surface area contributed by atoms with Crippen LogP contribution in [-0.2, 0) is 39.1 Å². The lowest BCUT2D eigenvalue weighted by Crippen LogP contribution is -2.46. The number of anilines is 1. The molecule has 0 radical (unpaired) electrons. The smallest absolute Gasteiger partial charge is 0.241 e. The molecule has 0 aliphatic heterocycles. The summed E-state index contributed by atoms with van der Waals surface area (Å²) in [6.07, 6.45) is 4.27. The summed E-state index contributed by atoms with van der Waals surface area (Å²) in [5.41, 5.74) is 3.47. The summed E-state index contributed by atoms with van der Waals surface area (Å²) in [5, 5.41) is 2.59. The minimum atomic E-state index is -3.96. The number of nitrogens with zero attached hydrogens (tertiary/aromatic N) is 2. The van der Waals surface area contributed by atoms with Crippen LogP contribution in [0.3, 0.4) is 0 Å². The second kappa shape index (κ2) is 11.7. The number of aromatic nitrogens is 1. The summed E-state index contributed by atoms with van der Waals surface area (Å²) < 4.78 is 28.3. The normalized spacial score (nSPS) is 12.1. The van der Waals surface area contributed by atoms with Crippen molar-refractivity contribution in [1.82, 2.24) is 14.6 Å². The first kappa shape index (κ1) is 26.1. The molecule has 0 spiro atoms. The molecule has 0 aliphatic rings. The fourth-order valence-electron chi connectivity index (χ4n) is 3.57. The Balaban J connectivity index is 1.77. The van der Waals surface area contributed by atoms with Crippen LogP contribution >= 0.6 is 0 Å². The first-order chi connectivity index (χ1) is 16.7. The van der Waals surface area contributed by atoms with Gasteiger partial charge in [0, 0.05) is 38.1 Å². The molecule has 1 atom stereocenters. The highest BCUT2D eigenvalue weighted by Gasteiger charge is 2.26. The largest absolute Gasteiger partial charge is 0.333 e. The predicted octanol–water partition coefficient (Wildman–Crippen LogP) is 3.50. The number of benzene rings is 2. The third kappa shape index (κ3) is 7.46. The van der Waals surface area contributed by atoms with Gasteiger partial charge in [0.2, 0.25) is 21.8 Å². The lowest BCUT2D eigenvalue weighted by molar-refractivity contribution is -0.133. The highest BCUT2D eigenvalue weighted by Crippen LogP contribution is 2.16. The minimum absolute atomic E-state index is 0.000200. The minimum Gasteiger partial charge on any atom is -0.333 e. The zero-order valence-corrected chi connectivity index (χ0v) is 20.9. The van der Waals surface area contributed by atoms with Gasteiger partial charge in [-0.25, -0.2) is 8.42 Å². The van der Waals surface area contributed by atoms with Crippen molar-refractivity contribution in [2.45, 2.75) is 51.2 Å². The second-order valence-electron chi connectivity index (χ2n) is 8.27. The van der Waals surface area contributed by atoms with E-state index in [-0.39, 0.29) is 16.7 Å². The fraction of sp³-hybridized carbons (Fsp3) is 0.269. The number of amides is 2. The van der Waals surface area contributed by atoms with E-state index >= 15 is 0 Å². The topological polar surface area (TPSA) is 108 Å².